The predicted molar refractivity (Wildman–Crippen MR) is 63.3 cm³/mol. The number of hydrogen-bond donors (Lipinski definition) is 0. The van der Waals surface area contributed by atoms with Crippen molar-refractivity contribution < 1.29 is 13.9 Å². The second-order valence-corrected chi connectivity index (χ2v) is 5.17. The molecule has 0 unspecified atom stereocenters. The SMILES string of the molecule is CSc1cccc(C(=O)OC(C)(C)C)c1F. The number of halogens is 1. The van der Waals surface area contributed by atoms with E-state index in [2.05, 4.69) is 0 Å². The molecule has 0 saturated heterocycles. The summed E-state index contributed by atoms with van der Waals surface area (Å²) >= 11 is 1.26. The number of benzene rings is 1. The van der Waals surface area contributed by atoms with Gasteiger partial charge in [0.2, 0.25) is 0 Å². The topological polar surface area (TPSA) is 26.3 Å². The Morgan fingerprint density at radius 2 is 2.00 bits per heavy atom. The van der Waals surface area contributed by atoms with Crippen molar-refractivity contribution in [1.82, 2.24) is 0 Å². The van der Waals surface area contributed by atoms with Gasteiger partial charge in [-0.3, -0.25) is 0 Å². The Labute approximate surface area is 99.2 Å². The summed E-state index contributed by atoms with van der Waals surface area (Å²) in [4.78, 5) is 12.1. The number of esters is 1. The Morgan fingerprint density at radius 3 is 2.50 bits per heavy atom. The van der Waals surface area contributed by atoms with E-state index in [4.69, 9.17) is 4.74 Å². The Morgan fingerprint density at radius 1 is 1.38 bits per heavy atom. The Bertz CT molecular complexity index is 396. The summed E-state index contributed by atoms with van der Waals surface area (Å²) in [6, 6.07) is 4.71. The van der Waals surface area contributed by atoms with Gasteiger partial charge >= 0.3 is 5.97 Å². The zero-order valence-electron chi connectivity index (χ0n) is 9.83. The molecule has 0 spiro atoms. The molecule has 0 radical (unpaired) electrons. The Balaban J connectivity index is 3.01. The van der Waals surface area contributed by atoms with Crippen LogP contribution in [0.1, 0.15) is 31.1 Å². The molecule has 2 nitrogen and oxygen atoms in total. The number of ether oxygens (including phenoxy) is 1. The molecule has 0 N–H and O–H groups in total. The monoisotopic (exact) mass is 242 g/mol. The average Bonchev–Trinajstić information content (AvgIpc) is 2.15. The summed E-state index contributed by atoms with van der Waals surface area (Å²) in [6.07, 6.45) is 1.76. The quantitative estimate of drug-likeness (QED) is 0.586. The second-order valence-electron chi connectivity index (χ2n) is 4.32. The molecule has 0 aliphatic carbocycles. The lowest BCUT2D eigenvalue weighted by Crippen LogP contribution is -2.24. The van der Waals surface area contributed by atoms with E-state index < -0.39 is 17.4 Å². The number of hydrogen-bond acceptors (Lipinski definition) is 3. The van der Waals surface area contributed by atoms with Crippen molar-refractivity contribution in [1.29, 1.82) is 0 Å². The molecule has 0 bridgehead atoms. The van der Waals surface area contributed by atoms with Crippen LogP contribution in [0.2, 0.25) is 0 Å². The number of carbonyl (C=O) groups excluding carboxylic acids is 1. The molecule has 0 aliphatic heterocycles. The lowest BCUT2D eigenvalue weighted by atomic mass is 10.1. The fraction of sp³-hybridized carbons (Fsp3) is 0.417. The number of thioether (sulfide) groups is 1. The maximum absolute atomic E-state index is 13.8. The van der Waals surface area contributed by atoms with E-state index in [1.165, 1.54) is 17.8 Å². The summed E-state index contributed by atoms with van der Waals surface area (Å²) < 4.78 is 18.9. The van der Waals surface area contributed by atoms with Crippen LogP contribution in [0, 0.1) is 5.82 Å². The van der Waals surface area contributed by atoms with Crippen molar-refractivity contribution >= 4 is 17.7 Å². The van der Waals surface area contributed by atoms with E-state index in [1.807, 2.05) is 0 Å². The molecule has 16 heavy (non-hydrogen) atoms. The van der Waals surface area contributed by atoms with E-state index in [-0.39, 0.29) is 5.56 Å². The van der Waals surface area contributed by atoms with Crippen LogP contribution in [0.5, 0.6) is 0 Å². The average molecular weight is 242 g/mol. The zero-order valence-corrected chi connectivity index (χ0v) is 10.7. The highest BCUT2D eigenvalue weighted by molar-refractivity contribution is 7.98. The normalized spacial score (nSPS) is 11.3. The van der Waals surface area contributed by atoms with E-state index in [0.29, 0.717) is 4.90 Å². The molecule has 88 valence electrons. The van der Waals surface area contributed by atoms with Crippen molar-refractivity contribution in [3.05, 3.63) is 29.6 Å². The van der Waals surface area contributed by atoms with Gasteiger partial charge in [-0.05, 0) is 39.2 Å². The summed E-state index contributed by atoms with van der Waals surface area (Å²) in [5.41, 5.74) is -0.624. The van der Waals surface area contributed by atoms with Gasteiger partial charge in [-0.1, -0.05) is 6.07 Å². The molecule has 0 saturated carbocycles. The highest BCUT2D eigenvalue weighted by Gasteiger charge is 2.21. The van der Waals surface area contributed by atoms with Crippen LogP contribution in [-0.2, 0) is 4.74 Å². The largest absolute Gasteiger partial charge is 0.456 e. The van der Waals surface area contributed by atoms with Crippen molar-refractivity contribution in [2.75, 3.05) is 6.26 Å². The van der Waals surface area contributed by atoms with Gasteiger partial charge in [-0.25, -0.2) is 9.18 Å². The third-order valence-electron chi connectivity index (χ3n) is 1.80. The second kappa shape index (κ2) is 4.87. The third-order valence-corrected chi connectivity index (χ3v) is 2.56. The number of carbonyl (C=O) groups is 1. The first-order valence-corrected chi connectivity index (χ1v) is 6.13. The maximum Gasteiger partial charge on any atom is 0.341 e. The zero-order chi connectivity index (χ0) is 12.3. The molecule has 1 aromatic rings. The van der Waals surface area contributed by atoms with Crippen LogP contribution >= 0.6 is 11.8 Å². The fourth-order valence-electron chi connectivity index (χ4n) is 1.16. The highest BCUT2D eigenvalue weighted by atomic mass is 32.2. The molecule has 0 aliphatic rings. The maximum atomic E-state index is 13.8. The van der Waals surface area contributed by atoms with Gasteiger partial charge in [-0.15, -0.1) is 11.8 Å². The lowest BCUT2D eigenvalue weighted by Gasteiger charge is -2.19. The smallest absolute Gasteiger partial charge is 0.341 e. The van der Waals surface area contributed by atoms with Crippen LogP contribution in [0.3, 0.4) is 0 Å². The minimum absolute atomic E-state index is 0.0122. The van der Waals surface area contributed by atoms with E-state index in [9.17, 15) is 9.18 Å². The Hall–Kier alpha value is -1.03. The van der Waals surface area contributed by atoms with Crippen molar-refractivity contribution in [3.63, 3.8) is 0 Å². The van der Waals surface area contributed by atoms with E-state index in [0.717, 1.165) is 0 Å². The Kier molecular flexibility index (Phi) is 3.97. The summed E-state index contributed by atoms with van der Waals surface area (Å²) in [5, 5.41) is 0. The van der Waals surface area contributed by atoms with Gasteiger partial charge < -0.3 is 4.74 Å². The standard InChI is InChI=1S/C12H15FO2S/c1-12(2,3)15-11(14)8-6-5-7-9(16-4)10(8)13/h5-7H,1-4H3. The summed E-state index contributed by atoms with van der Waals surface area (Å²) in [7, 11) is 0. The molecule has 0 amide bonds. The van der Waals surface area contributed by atoms with Gasteiger partial charge in [0.1, 0.15) is 5.60 Å². The van der Waals surface area contributed by atoms with Crippen LogP contribution in [0.25, 0.3) is 0 Å². The fourth-order valence-corrected chi connectivity index (χ4v) is 1.66. The van der Waals surface area contributed by atoms with Crippen LogP contribution in [0.4, 0.5) is 4.39 Å². The molecular weight excluding hydrogens is 227 g/mol. The molecule has 4 heteroatoms. The molecule has 0 heterocycles. The molecule has 0 fully saturated rings. The minimum Gasteiger partial charge on any atom is -0.456 e. The molecule has 1 rings (SSSR count). The van der Waals surface area contributed by atoms with Gasteiger partial charge in [0.25, 0.3) is 0 Å². The van der Waals surface area contributed by atoms with Crippen LogP contribution in [0.15, 0.2) is 23.1 Å². The minimum atomic E-state index is -0.624. The lowest BCUT2D eigenvalue weighted by molar-refractivity contribution is 0.00641. The number of rotatable bonds is 2. The summed E-state index contributed by atoms with van der Waals surface area (Å²) in [5.74, 6) is -1.13. The first-order valence-electron chi connectivity index (χ1n) is 4.91. The first kappa shape index (κ1) is 13.0. The van der Waals surface area contributed by atoms with Gasteiger partial charge in [0.15, 0.2) is 5.82 Å². The third kappa shape index (κ3) is 3.23. The molecule has 0 atom stereocenters. The van der Waals surface area contributed by atoms with Gasteiger partial charge in [-0.2, -0.15) is 0 Å². The van der Waals surface area contributed by atoms with E-state index in [1.54, 1.807) is 39.2 Å². The van der Waals surface area contributed by atoms with Crippen molar-refractivity contribution in [2.24, 2.45) is 0 Å². The van der Waals surface area contributed by atoms with Gasteiger partial charge in [0, 0.05) is 4.90 Å². The van der Waals surface area contributed by atoms with Crippen LogP contribution in [-0.4, -0.2) is 17.8 Å². The van der Waals surface area contributed by atoms with Gasteiger partial charge in [0.05, 0.1) is 5.56 Å². The van der Waals surface area contributed by atoms with E-state index >= 15 is 0 Å². The molecule has 0 aromatic heterocycles. The highest BCUT2D eigenvalue weighted by Crippen LogP contribution is 2.23. The summed E-state index contributed by atoms with van der Waals surface area (Å²) in [6.45, 7) is 5.25. The molecule has 1 aromatic carbocycles. The van der Waals surface area contributed by atoms with Crippen molar-refractivity contribution in [3.8, 4) is 0 Å². The molecular formula is C12H15FO2S. The predicted octanol–water partition coefficient (Wildman–Crippen LogP) is 3.50. The first-order chi connectivity index (χ1) is 7.35. The van der Waals surface area contributed by atoms with Crippen molar-refractivity contribution in [2.45, 2.75) is 31.3 Å². The van der Waals surface area contributed by atoms with Crippen LogP contribution < -0.4 is 0 Å².